The van der Waals surface area contributed by atoms with E-state index in [9.17, 15) is 18.8 Å². The minimum Gasteiger partial charge on any atom is -0.494 e. The fraction of sp³-hybridized carbons (Fsp3) is 0.429. The fourth-order valence-corrected chi connectivity index (χ4v) is 4.16. The predicted molar refractivity (Wildman–Crippen MR) is 145 cm³/mol. The van der Waals surface area contributed by atoms with Crippen LogP contribution < -0.4 is 15.4 Å². The Morgan fingerprint density at radius 3 is 2.52 bits per heavy atom. The normalized spacial score (nSPS) is 13.0. The van der Waals surface area contributed by atoms with Crippen LogP contribution in [0.2, 0.25) is 0 Å². The smallest absolute Gasteiger partial charge is 0.303 e. The molecule has 3 aromatic rings. The Hall–Kier alpha value is -4.35. The average molecular weight is 555 g/mol. The lowest BCUT2D eigenvalue weighted by atomic mass is 9.95. The summed E-state index contributed by atoms with van der Waals surface area (Å²) in [6, 6.07) is 8.18. The van der Waals surface area contributed by atoms with Gasteiger partial charge in [-0.3, -0.25) is 19.1 Å². The molecule has 0 saturated heterocycles. The first-order valence-corrected chi connectivity index (χ1v) is 13.0. The molecule has 0 unspecified atom stereocenters. The molecule has 0 bridgehead atoms. The van der Waals surface area contributed by atoms with Crippen molar-refractivity contribution in [3.05, 3.63) is 59.4 Å². The monoisotopic (exact) mass is 554 g/mol. The van der Waals surface area contributed by atoms with E-state index in [1.54, 1.807) is 43.2 Å². The van der Waals surface area contributed by atoms with Crippen LogP contribution in [0.25, 0.3) is 11.4 Å². The van der Waals surface area contributed by atoms with Gasteiger partial charge >= 0.3 is 5.97 Å². The van der Waals surface area contributed by atoms with Gasteiger partial charge in [0.05, 0.1) is 7.11 Å². The first-order chi connectivity index (χ1) is 19.1. The quantitative estimate of drug-likeness (QED) is 0.405. The average Bonchev–Trinajstić information content (AvgIpc) is 3.38. The third-order valence-electron chi connectivity index (χ3n) is 6.09. The minimum absolute atomic E-state index is 0.133. The largest absolute Gasteiger partial charge is 0.494 e. The number of rotatable bonds is 8. The highest BCUT2D eigenvalue weighted by molar-refractivity contribution is 5.93. The van der Waals surface area contributed by atoms with Gasteiger partial charge in [-0.2, -0.15) is 5.10 Å². The zero-order valence-corrected chi connectivity index (χ0v) is 23.2. The number of aromatic nitrogens is 4. The molecule has 2 amide bonds. The molecule has 2 heterocycles. The molecule has 1 aliphatic rings. The van der Waals surface area contributed by atoms with Crippen molar-refractivity contribution in [3.63, 3.8) is 0 Å². The van der Waals surface area contributed by atoms with Crippen LogP contribution in [0.1, 0.15) is 60.8 Å². The molecule has 40 heavy (non-hydrogen) atoms. The maximum absolute atomic E-state index is 13.4. The van der Waals surface area contributed by atoms with Crippen molar-refractivity contribution >= 4 is 17.8 Å². The van der Waals surface area contributed by atoms with Gasteiger partial charge < -0.3 is 20.1 Å². The van der Waals surface area contributed by atoms with Crippen molar-refractivity contribution < 1.29 is 28.2 Å². The molecule has 1 saturated carbocycles. The van der Waals surface area contributed by atoms with Gasteiger partial charge in [-0.25, -0.2) is 14.4 Å². The number of nitrogens with zero attached hydrogens (tertiary/aromatic N) is 4. The van der Waals surface area contributed by atoms with Crippen molar-refractivity contribution in [3.8, 4) is 17.1 Å². The molecule has 0 spiro atoms. The molecule has 12 heteroatoms. The number of methoxy groups -OCH3 is 1. The van der Waals surface area contributed by atoms with E-state index in [-0.39, 0.29) is 42.5 Å². The molecule has 1 aromatic carbocycles. The molecule has 1 aliphatic carbocycles. The maximum Gasteiger partial charge on any atom is 0.303 e. The second-order valence-corrected chi connectivity index (χ2v) is 9.46. The molecule has 214 valence electrons. The fourth-order valence-electron chi connectivity index (χ4n) is 4.16. The van der Waals surface area contributed by atoms with Crippen LogP contribution in [-0.2, 0) is 27.9 Å². The van der Waals surface area contributed by atoms with Crippen molar-refractivity contribution in [2.45, 2.75) is 58.5 Å². The molecule has 4 rings (SSSR count). The standard InChI is InChI=1S/C18H18FN5O2.C10H17NO3/c1-11-6-13(17-21-10-24(2)23-17)8-15(22-11)18(25)20-9-12-4-5-14(19)16(7-12)26-3;1-8(12)14-7-10(13)11-9-5-3-2-4-6-9/h4-8,10H,9H2,1-3H3,(H,20,25);9H,2-7H2,1H3,(H,11,13). The van der Waals surface area contributed by atoms with Crippen LogP contribution in [0.5, 0.6) is 5.75 Å². The molecule has 0 radical (unpaired) electrons. The topological polar surface area (TPSA) is 137 Å². The van der Waals surface area contributed by atoms with E-state index >= 15 is 0 Å². The number of hydrogen-bond acceptors (Lipinski definition) is 8. The zero-order chi connectivity index (χ0) is 29.1. The zero-order valence-electron chi connectivity index (χ0n) is 23.2. The van der Waals surface area contributed by atoms with E-state index < -0.39 is 11.8 Å². The summed E-state index contributed by atoms with van der Waals surface area (Å²) in [7, 11) is 3.17. The summed E-state index contributed by atoms with van der Waals surface area (Å²) in [6.45, 7) is 3.18. The summed E-state index contributed by atoms with van der Waals surface area (Å²) in [6.07, 6.45) is 7.30. The van der Waals surface area contributed by atoms with Gasteiger partial charge in [0.1, 0.15) is 12.0 Å². The molecular weight excluding hydrogens is 519 g/mol. The number of nitrogens with one attached hydrogen (secondary N) is 2. The van der Waals surface area contributed by atoms with Gasteiger partial charge in [0.15, 0.2) is 24.0 Å². The SMILES string of the molecule is CC(=O)OCC(=O)NC1CCCCC1.COc1cc(CNC(=O)c2cc(-c3ncn(C)n3)cc(C)n2)ccc1F. The number of benzene rings is 1. The van der Waals surface area contributed by atoms with Gasteiger partial charge in [-0.05, 0) is 49.6 Å². The Balaban J connectivity index is 0.000000267. The van der Waals surface area contributed by atoms with Crippen molar-refractivity contribution in [2.75, 3.05) is 13.7 Å². The van der Waals surface area contributed by atoms with Gasteiger partial charge in [-0.15, -0.1) is 0 Å². The van der Waals surface area contributed by atoms with E-state index in [2.05, 4.69) is 30.4 Å². The number of carbonyl (C=O) groups excluding carboxylic acids is 3. The van der Waals surface area contributed by atoms with Gasteiger partial charge in [0, 0.05) is 37.8 Å². The predicted octanol–water partition coefficient (Wildman–Crippen LogP) is 3.26. The van der Waals surface area contributed by atoms with Crippen molar-refractivity contribution in [1.29, 1.82) is 0 Å². The second kappa shape index (κ2) is 14.7. The Labute approximate surface area is 232 Å². The number of ether oxygens (including phenoxy) is 2. The molecular formula is C28H35FN6O5. The van der Waals surface area contributed by atoms with Crippen LogP contribution >= 0.6 is 0 Å². The van der Waals surface area contributed by atoms with Gasteiger partial charge in [0.25, 0.3) is 11.8 Å². The molecule has 1 fully saturated rings. The van der Waals surface area contributed by atoms with E-state index in [0.29, 0.717) is 17.1 Å². The summed E-state index contributed by atoms with van der Waals surface area (Å²) in [4.78, 5) is 42.6. The second-order valence-electron chi connectivity index (χ2n) is 9.46. The maximum atomic E-state index is 13.4. The number of halogens is 1. The molecule has 2 aromatic heterocycles. The van der Waals surface area contributed by atoms with Gasteiger partial charge in [0.2, 0.25) is 0 Å². The van der Waals surface area contributed by atoms with Gasteiger partial charge in [-0.1, -0.05) is 25.3 Å². The van der Waals surface area contributed by atoms with E-state index in [1.807, 2.05) is 6.07 Å². The third kappa shape index (κ3) is 9.44. The molecule has 11 nitrogen and oxygen atoms in total. The van der Waals surface area contributed by atoms with Crippen molar-refractivity contribution in [1.82, 2.24) is 30.4 Å². The van der Waals surface area contributed by atoms with Crippen LogP contribution in [0.4, 0.5) is 4.39 Å². The highest BCUT2D eigenvalue weighted by Gasteiger charge is 2.16. The Morgan fingerprint density at radius 1 is 1.12 bits per heavy atom. The number of hydrogen-bond donors (Lipinski definition) is 2. The lowest BCUT2D eigenvalue weighted by Crippen LogP contribution is -2.38. The lowest BCUT2D eigenvalue weighted by Gasteiger charge is -2.22. The number of esters is 1. The number of amides is 2. The van der Waals surface area contributed by atoms with E-state index in [1.165, 1.54) is 39.4 Å². The Morgan fingerprint density at radius 2 is 1.88 bits per heavy atom. The molecule has 0 atom stereocenters. The summed E-state index contributed by atoms with van der Waals surface area (Å²) < 4.78 is 24.6. The number of pyridine rings is 1. The summed E-state index contributed by atoms with van der Waals surface area (Å²) in [5.41, 5.74) is 2.38. The first kappa shape index (κ1) is 30.2. The lowest BCUT2D eigenvalue weighted by molar-refractivity contribution is -0.146. The first-order valence-electron chi connectivity index (χ1n) is 13.0. The van der Waals surface area contributed by atoms with Crippen LogP contribution in [-0.4, -0.2) is 57.3 Å². The van der Waals surface area contributed by atoms with Crippen molar-refractivity contribution in [2.24, 2.45) is 7.05 Å². The Bertz CT molecular complexity index is 1320. The van der Waals surface area contributed by atoms with Crippen LogP contribution in [0.15, 0.2) is 36.7 Å². The highest BCUT2D eigenvalue weighted by Crippen LogP contribution is 2.19. The highest BCUT2D eigenvalue weighted by atomic mass is 19.1. The van der Waals surface area contributed by atoms with E-state index in [4.69, 9.17) is 4.74 Å². The van der Waals surface area contributed by atoms with Crippen LogP contribution in [0.3, 0.4) is 0 Å². The summed E-state index contributed by atoms with van der Waals surface area (Å²) in [5.74, 6) is -0.732. The number of carbonyl (C=O) groups is 3. The van der Waals surface area contributed by atoms with Crippen LogP contribution in [0, 0.1) is 12.7 Å². The molecule has 0 aliphatic heterocycles. The summed E-state index contributed by atoms with van der Waals surface area (Å²) >= 11 is 0. The Kier molecular flexibility index (Phi) is 11.1. The number of aryl methyl sites for hydroxylation is 2. The van der Waals surface area contributed by atoms with E-state index in [0.717, 1.165) is 18.4 Å². The molecule has 2 N–H and O–H groups in total. The third-order valence-corrected chi connectivity index (χ3v) is 6.09. The minimum atomic E-state index is -0.449. The summed E-state index contributed by atoms with van der Waals surface area (Å²) in [5, 5.41) is 9.87.